The molecule has 0 aliphatic rings. The minimum absolute atomic E-state index is 0.124. The van der Waals surface area contributed by atoms with Gasteiger partial charge in [0.1, 0.15) is 6.67 Å². The van der Waals surface area contributed by atoms with Crippen molar-refractivity contribution in [2.24, 2.45) is 0 Å². The fraction of sp³-hybridized carbons (Fsp3) is 1.00. The summed E-state index contributed by atoms with van der Waals surface area (Å²) in [5, 5.41) is 0. The lowest BCUT2D eigenvalue weighted by molar-refractivity contribution is -0.0233. The molecule has 38 heavy (non-hydrogen) atoms. The van der Waals surface area contributed by atoms with Gasteiger partial charge in [0.25, 0.3) is 0 Å². The number of halogens is 1. The van der Waals surface area contributed by atoms with E-state index < -0.39 is 6.67 Å². The highest BCUT2D eigenvalue weighted by Gasteiger charge is 1.96. The third-order valence-corrected chi connectivity index (χ3v) is 5.72. The van der Waals surface area contributed by atoms with Gasteiger partial charge in [-0.25, -0.2) is 4.39 Å². The van der Waals surface area contributed by atoms with Crippen LogP contribution < -0.4 is 0 Å². The summed E-state index contributed by atoms with van der Waals surface area (Å²) in [5.41, 5.74) is 0. The standard InChI is InChI=1S/C29H59FO8/c1-2-3-4-5-6-7-8-9-10-11-12-14-31-16-18-33-20-22-35-24-26-37-28-29-38-27-25-36-23-21-34-19-17-32-15-13-30/h2-29H2,1H3. The van der Waals surface area contributed by atoms with Crippen molar-refractivity contribution >= 4 is 0 Å². The number of ether oxygens (including phenoxy) is 8. The van der Waals surface area contributed by atoms with Crippen molar-refractivity contribution in [3.63, 3.8) is 0 Å². The number of hydrogen-bond donors (Lipinski definition) is 0. The lowest BCUT2D eigenvalue weighted by Crippen LogP contribution is -2.15. The third-order valence-electron chi connectivity index (χ3n) is 5.72. The Labute approximate surface area is 232 Å². The van der Waals surface area contributed by atoms with Gasteiger partial charge in [0.05, 0.1) is 99.1 Å². The lowest BCUT2D eigenvalue weighted by Gasteiger charge is -2.08. The average molecular weight is 555 g/mol. The zero-order valence-electron chi connectivity index (χ0n) is 24.4. The van der Waals surface area contributed by atoms with Crippen LogP contribution in [0.3, 0.4) is 0 Å². The van der Waals surface area contributed by atoms with E-state index in [9.17, 15) is 4.39 Å². The normalized spacial score (nSPS) is 11.5. The highest BCUT2D eigenvalue weighted by molar-refractivity contribution is 4.48. The van der Waals surface area contributed by atoms with Gasteiger partial charge < -0.3 is 37.9 Å². The second-order valence-electron chi connectivity index (χ2n) is 9.12. The topological polar surface area (TPSA) is 73.8 Å². The predicted molar refractivity (Wildman–Crippen MR) is 149 cm³/mol. The zero-order chi connectivity index (χ0) is 27.5. The minimum Gasteiger partial charge on any atom is -0.379 e. The average Bonchev–Trinajstić information content (AvgIpc) is 2.93. The molecule has 0 amide bonds. The molecule has 0 atom stereocenters. The van der Waals surface area contributed by atoms with Crippen LogP contribution in [0, 0.1) is 0 Å². The molecule has 0 fully saturated rings. The van der Waals surface area contributed by atoms with E-state index in [1.165, 1.54) is 64.2 Å². The van der Waals surface area contributed by atoms with Crippen LogP contribution in [0.2, 0.25) is 0 Å². The molecule has 9 heteroatoms. The Kier molecular flexibility index (Phi) is 36.2. The minimum atomic E-state index is -0.465. The Balaban J connectivity index is 3.01. The number of alkyl halides is 1. The fourth-order valence-corrected chi connectivity index (χ4v) is 3.56. The first-order chi connectivity index (χ1) is 18.9. The summed E-state index contributed by atoms with van der Waals surface area (Å²) in [7, 11) is 0. The summed E-state index contributed by atoms with van der Waals surface area (Å²) in [6.07, 6.45) is 14.9. The first kappa shape index (κ1) is 37.6. The van der Waals surface area contributed by atoms with Crippen LogP contribution in [-0.2, 0) is 37.9 Å². The Hall–Kier alpha value is -0.390. The van der Waals surface area contributed by atoms with Gasteiger partial charge in [-0.15, -0.1) is 0 Å². The Morgan fingerprint density at radius 1 is 0.289 bits per heavy atom. The molecule has 0 N–H and O–H groups in total. The van der Waals surface area contributed by atoms with Crippen LogP contribution in [0.5, 0.6) is 0 Å². The molecular weight excluding hydrogens is 495 g/mol. The lowest BCUT2D eigenvalue weighted by atomic mass is 10.1. The van der Waals surface area contributed by atoms with E-state index in [0.29, 0.717) is 92.5 Å². The molecule has 0 unspecified atom stereocenters. The van der Waals surface area contributed by atoms with Gasteiger partial charge in [0.2, 0.25) is 0 Å². The molecule has 0 rings (SSSR count). The maximum absolute atomic E-state index is 11.8. The van der Waals surface area contributed by atoms with Crippen molar-refractivity contribution in [3.8, 4) is 0 Å². The van der Waals surface area contributed by atoms with Crippen LogP contribution in [0.1, 0.15) is 77.6 Å². The van der Waals surface area contributed by atoms with Crippen LogP contribution >= 0.6 is 0 Å². The number of rotatable bonds is 35. The monoisotopic (exact) mass is 554 g/mol. The van der Waals surface area contributed by atoms with Crippen molar-refractivity contribution in [3.05, 3.63) is 0 Å². The summed E-state index contributed by atoms with van der Waals surface area (Å²) < 4.78 is 55.0. The molecule has 0 heterocycles. The molecule has 0 spiro atoms. The largest absolute Gasteiger partial charge is 0.379 e. The maximum atomic E-state index is 11.8. The van der Waals surface area contributed by atoms with Crippen LogP contribution in [-0.4, -0.2) is 112 Å². The SMILES string of the molecule is CCCCCCCCCCCCCOCCOCCOCCOCCOCCOCCOCCOCCF. The fourth-order valence-electron chi connectivity index (χ4n) is 3.56. The molecule has 0 aromatic rings. The van der Waals surface area contributed by atoms with E-state index in [0.717, 1.165) is 13.0 Å². The number of unbranched alkanes of at least 4 members (excludes halogenated alkanes) is 10. The van der Waals surface area contributed by atoms with Crippen molar-refractivity contribution < 1.29 is 42.3 Å². The highest BCUT2D eigenvalue weighted by Crippen LogP contribution is 2.11. The summed E-state index contributed by atoms with van der Waals surface area (Å²) in [4.78, 5) is 0. The molecule has 0 aromatic heterocycles. The molecule has 0 radical (unpaired) electrons. The molecule has 0 saturated carbocycles. The zero-order valence-corrected chi connectivity index (χ0v) is 24.4. The van der Waals surface area contributed by atoms with Gasteiger partial charge in [0.15, 0.2) is 0 Å². The van der Waals surface area contributed by atoms with E-state index in [2.05, 4.69) is 6.92 Å². The smallest absolute Gasteiger partial charge is 0.113 e. The molecule has 0 aromatic carbocycles. The quantitative estimate of drug-likeness (QED) is 0.0965. The molecule has 230 valence electrons. The second-order valence-corrected chi connectivity index (χ2v) is 9.12. The van der Waals surface area contributed by atoms with E-state index >= 15 is 0 Å². The van der Waals surface area contributed by atoms with Crippen LogP contribution in [0.15, 0.2) is 0 Å². The predicted octanol–water partition coefficient (Wildman–Crippen LogP) is 5.40. The van der Waals surface area contributed by atoms with E-state index in [4.69, 9.17) is 37.9 Å². The molecule has 0 aliphatic heterocycles. The third kappa shape index (κ3) is 35.6. The summed E-state index contributed by atoms with van der Waals surface area (Å²) in [6, 6.07) is 0. The van der Waals surface area contributed by atoms with Crippen molar-refractivity contribution in [2.75, 3.05) is 112 Å². The molecular formula is C29H59FO8. The van der Waals surface area contributed by atoms with Gasteiger partial charge >= 0.3 is 0 Å². The van der Waals surface area contributed by atoms with Gasteiger partial charge in [-0.3, -0.25) is 0 Å². The van der Waals surface area contributed by atoms with Gasteiger partial charge in [0, 0.05) is 6.61 Å². The Morgan fingerprint density at radius 3 is 0.816 bits per heavy atom. The molecule has 0 bridgehead atoms. The Morgan fingerprint density at radius 2 is 0.526 bits per heavy atom. The molecule has 0 aliphatic carbocycles. The summed E-state index contributed by atoms with van der Waals surface area (Å²) in [6.45, 7) is 10.1. The first-order valence-corrected chi connectivity index (χ1v) is 15.1. The summed E-state index contributed by atoms with van der Waals surface area (Å²) in [5.74, 6) is 0. The van der Waals surface area contributed by atoms with Crippen LogP contribution in [0.25, 0.3) is 0 Å². The van der Waals surface area contributed by atoms with Gasteiger partial charge in [-0.05, 0) is 6.42 Å². The molecule has 8 nitrogen and oxygen atoms in total. The first-order valence-electron chi connectivity index (χ1n) is 15.1. The van der Waals surface area contributed by atoms with E-state index in [1.807, 2.05) is 0 Å². The number of hydrogen-bond acceptors (Lipinski definition) is 8. The van der Waals surface area contributed by atoms with Crippen LogP contribution in [0.4, 0.5) is 4.39 Å². The van der Waals surface area contributed by atoms with Crippen molar-refractivity contribution in [2.45, 2.75) is 77.6 Å². The second kappa shape index (κ2) is 36.6. The highest BCUT2D eigenvalue weighted by atomic mass is 19.1. The summed E-state index contributed by atoms with van der Waals surface area (Å²) >= 11 is 0. The van der Waals surface area contributed by atoms with E-state index in [-0.39, 0.29) is 6.61 Å². The van der Waals surface area contributed by atoms with Gasteiger partial charge in [-0.2, -0.15) is 0 Å². The van der Waals surface area contributed by atoms with Crippen molar-refractivity contribution in [1.82, 2.24) is 0 Å². The van der Waals surface area contributed by atoms with Crippen molar-refractivity contribution in [1.29, 1.82) is 0 Å². The van der Waals surface area contributed by atoms with E-state index in [1.54, 1.807) is 0 Å². The van der Waals surface area contributed by atoms with Gasteiger partial charge in [-0.1, -0.05) is 71.1 Å². The molecule has 0 saturated heterocycles. The Bertz CT molecular complexity index is 371. The maximum Gasteiger partial charge on any atom is 0.113 e.